The molecule has 3 aromatic rings. The minimum atomic E-state index is -0.128. The van der Waals surface area contributed by atoms with Crippen molar-refractivity contribution in [3.05, 3.63) is 77.5 Å². The molecule has 1 fully saturated rings. The second kappa shape index (κ2) is 7.23. The third-order valence-corrected chi connectivity index (χ3v) is 6.57. The highest BCUT2D eigenvalue weighted by Crippen LogP contribution is 2.40. The smallest absolute Gasteiger partial charge is 0.0784 e. The number of aryl methyl sites for hydroxylation is 1. The summed E-state index contributed by atoms with van der Waals surface area (Å²) in [6.45, 7) is 0. The molecule has 0 spiro atoms. The van der Waals surface area contributed by atoms with Crippen LogP contribution in [0.4, 0.5) is 0 Å². The molecule has 0 radical (unpaired) electrons. The van der Waals surface area contributed by atoms with Crippen LogP contribution in [0.3, 0.4) is 0 Å². The van der Waals surface area contributed by atoms with Crippen molar-refractivity contribution in [2.24, 2.45) is 10.7 Å². The minimum Gasteiger partial charge on any atom is -0.321 e. The van der Waals surface area contributed by atoms with E-state index < -0.39 is 0 Å². The Morgan fingerprint density at radius 2 is 1.62 bits per heavy atom. The van der Waals surface area contributed by atoms with Crippen molar-refractivity contribution in [3.8, 4) is 22.4 Å². The predicted molar refractivity (Wildman–Crippen MR) is 120 cm³/mol. The molecule has 146 valence electrons. The van der Waals surface area contributed by atoms with Crippen LogP contribution in [0, 0.1) is 0 Å². The summed E-state index contributed by atoms with van der Waals surface area (Å²) in [5.41, 5.74) is 15.8. The molecule has 2 aromatic carbocycles. The lowest BCUT2D eigenvalue weighted by Gasteiger charge is -2.38. The van der Waals surface area contributed by atoms with E-state index in [1.54, 1.807) is 0 Å². The first-order valence-electron chi connectivity index (χ1n) is 10.6. The first-order chi connectivity index (χ1) is 14.2. The fraction of sp³-hybridized carbons (Fsp3) is 0.308. The van der Waals surface area contributed by atoms with Gasteiger partial charge in [-0.1, -0.05) is 54.6 Å². The molecule has 1 aromatic heterocycles. The Bertz CT molecular complexity index is 1060. The minimum absolute atomic E-state index is 0.128. The summed E-state index contributed by atoms with van der Waals surface area (Å²) < 4.78 is 0. The number of hydrogen-bond donors (Lipinski definition) is 1. The van der Waals surface area contributed by atoms with E-state index in [0.717, 1.165) is 43.4 Å². The van der Waals surface area contributed by atoms with Gasteiger partial charge in [-0.2, -0.15) is 0 Å². The molecule has 0 aliphatic heterocycles. The van der Waals surface area contributed by atoms with Crippen LogP contribution in [0.15, 0.2) is 65.7 Å². The molecule has 0 atom stereocenters. The third-order valence-electron chi connectivity index (χ3n) is 6.57. The van der Waals surface area contributed by atoms with E-state index >= 15 is 0 Å². The van der Waals surface area contributed by atoms with Crippen LogP contribution in [-0.2, 0) is 12.0 Å². The number of nitrogens with two attached hydrogens (primary N) is 1. The number of pyridine rings is 1. The molecule has 0 unspecified atom stereocenters. The van der Waals surface area contributed by atoms with Gasteiger partial charge in [0.1, 0.15) is 0 Å². The molecule has 0 bridgehead atoms. The lowest BCUT2D eigenvalue weighted by Crippen LogP contribution is -2.43. The summed E-state index contributed by atoms with van der Waals surface area (Å²) in [6, 6.07) is 21.7. The molecule has 1 saturated carbocycles. The molecule has 2 aliphatic carbocycles. The van der Waals surface area contributed by atoms with Gasteiger partial charge < -0.3 is 5.73 Å². The summed E-state index contributed by atoms with van der Waals surface area (Å²) in [6.07, 6.45) is 6.55. The number of rotatable bonds is 3. The van der Waals surface area contributed by atoms with Crippen LogP contribution < -0.4 is 5.73 Å². The van der Waals surface area contributed by atoms with E-state index in [4.69, 9.17) is 10.7 Å². The molecular weight excluding hydrogens is 354 g/mol. The quantitative estimate of drug-likeness (QED) is 0.650. The van der Waals surface area contributed by atoms with Gasteiger partial charge in [0.2, 0.25) is 0 Å². The average molecular weight is 382 g/mol. The van der Waals surface area contributed by atoms with Gasteiger partial charge in [-0.3, -0.25) is 9.98 Å². The zero-order chi connectivity index (χ0) is 19.8. The van der Waals surface area contributed by atoms with Crippen LogP contribution in [0.2, 0.25) is 0 Å². The molecule has 3 nitrogen and oxygen atoms in total. The molecule has 5 rings (SSSR count). The Labute approximate surface area is 172 Å². The highest BCUT2D eigenvalue weighted by molar-refractivity contribution is 6.04. The van der Waals surface area contributed by atoms with E-state index in [1.165, 1.54) is 40.1 Å². The van der Waals surface area contributed by atoms with Gasteiger partial charge in [0.05, 0.1) is 11.4 Å². The fourth-order valence-corrected chi connectivity index (χ4v) is 4.65. The van der Waals surface area contributed by atoms with Crippen LogP contribution in [0.5, 0.6) is 0 Å². The molecule has 29 heavy (non-hydrogen) atoms. The van der Waals surface area contributed by atoms with Crippen molar-refractivity contribution < 1.29 is 0 Å². The molecule has 2 N–H and O–H groups in total. The van der Waals surface area contributed by atoms with Crippen LogP contribution >= 0.6 is 0 Å². The maximum atomic E-state index is 6.53. The number of aromatic nitrogens is 1. The van der Waals surface area contributed by atoms with Gasteiger partial charge in [-0.05, 0) is 55.7 Å². The van der Waals surface area contributed by atoms with Gasteiger partial charge in [0.25, 0.3) is 0 Å². The summed E-state index contributed by atoms with van der Waals surface area (Å²) in [4.78, 5) is 9.72. The number of aliphatic imine (C=N–C) groups is 1. The second-order valence-electron chi connectivity index (χ2n) is 8.36. The normalized spacial score (nSPS) is 18.9. The largest absolute Gasteiger partial charge is 0.321 e. The van der Waals surface area contributed by atoms with E-state index in [0.29, 0.717) is 0 Å². The standard InChI is InChI=1S/C26H27N3/c1-28-23-9-5-10-24-22(23)17-21(18-7-3-2-4-8-18)25(29-24)19-11-13-20(14-12-19)26(27)15-6-16-26/h2-4,7-8,11-14,17H,5-6,9-10,15-16,27H2,1H3. The Hall–Kier alpha value is -2.78. The topological polar surface area (TPSA) is 51.3 Å². The summed E-state index contributed by atoms with van der Waals surface area (Å²) in [5.74, 6) is 0. The monoisotopic (exact) mass is 381 g/mol. The zero-order valence-electron chi connectivity index (χ0n) is 17.0. The fourth-order valence-electron chi connectivity index (χ4n) is 4.65. The molecule has 3 heteroatoms. The van der Waals surface area contributed by atoms with Gasteiger partial charge >= 0.3 is 0 Å². The van der Waals surface area contributed by atoms with E-state index in [-0.39, 0.29) is 5.54 Å². The van der Waals surface area contributed by atoms with Gasteiger partial charge in [0.15, 0.2) is 0 Å². The van der Waals surface area contributed by atoms with Gasteiger partial charge in [0, 0.05) is 35.0 Å². The number of hydrogen-bond acceptors (Lipinski definition) is 3. The first-order valence-corrected chi connectivity index (χ1v) is 10.6. The molecule has 2 aliphatic rings. The Morgan fingerprint density at radius 1 is 0.862 bits per heavy atom. The molecule has 0 saturated heterocycles. The Balaban J connectivity index is 1.65. The third kappa shape index (κ3) is 3.20. The average Bonchev–Trinajstić information content (AvgIpc) is 2.77. The summed E-state index contributed by atoms with van der Waals surface area (Å²) in [7, 11) is 1.89. The lowest BCUT2D eigenvalue weighted by atomic mass is 9.72. The molecular formula is C26H27N3. The highest BCUT2D eigenvalue weighted by Gasteiger charge is 2.34. The maximum Gasteiger partial charge on any atom is 0.0784 e. The summed E-state index contributed by atoms with van der Waals surface area (Å²) in [5, 5.41) is 0. The van der Waals surface area contributed by atoms with E-state index in [2.05, 4.69) is 65.7 Å². The number of nitrogens with zero attached hydrogens (tertiary/aromatic N) is 2. The maximum absolute atomic E-state index is 6.53. The zero-order valence-corrected chi connectivity index (χ0v) is 17.0. The number of fused-ring (bicyclic) bond motifs is 1. The molecule has 0 amide bonds. The van der Waals surface area contributed by atoms with Crippen LogP contribution in [0.25, 0.3) is 22.4 Å². The number of benzene rings is 2. The summed E-state index contributed by atoms with van der Waals surface area (Å²) >= 11 is 0. The molecule has 1 heterocycles. The highest BCUT2D eigenvalue weighted by atomic mass is 14.8. The van der Waals surface area contributed by atoms with Crippen molar-refractivity contribution in [1.29, 1.82) is 0 Å². The van der Waals surface area contributed by atoms with Gasteiger partial charge in [-0.15, -0.1) is 0 Å². The Kier molecular flexibility index (Phi) is 4.56. The van der Waals surface area contributed by atoms with Crippen molar-refractivity contribution in [3.63, 3.8) is 0 Å². The lowest BCUT2D eigenvalue weighted by molar-refractivity contribution is 0.253. The first kappa shape index (κ1) is 18.3. The van der Waals surface area contributed by atoms with Crippen LogP contribution in [-0.4, -0.2) is 17.7 Å². The van der Waals surface area contributed by atoms with Crippen LogP contribution in [0.1, 0.15) is 48.9 Å². The second-order valence-corrected chi connectivity index (χ2v) is 8.36. The van der Waals surface area contributed by atoms with Gasteiger partial charge in [-0.25, -0.2) is 0 Å². The predicted octanol–water partition coefficient (Wildman–Crippen LogP) is 5.51. The van der Waals surface area contributed by atoms with Crippen molar-refractivity contribution >= 4 is 5.71 Å². The van der Waals surface area contributed by atoms with Crippen molar-refractivity contribution in [2.75, 3.05) is 7.05 Å². The SMILES string of the molecule is CN=C1CCCc2nc(-c3ccc(C4(N)CCC4)cc3)c(-c3ccccc3)cc21. The Morgan fingerprint density at radius 3 is 2.28 bits per heavy atom. The van der Waals surface area contributed by atoms with Crippen molar-refractivity contribution in [1.82, 2.24) is 4.98 Å². The van der Waals surface area contributed by atoms with E-state index in [9.17, 15) is 0 Å². The van der Waals surface area contributed by atoms with E-state index in [1.807, 2.05) is 7.05 Å². The van der Waals surface area contributed by atoms with Crippen molar-refractivity contribution in [2.45, 2.75) is 44.1 Å².